The monoisotopic (exact) mass is 405 g/mol. The van der Waals surface area contributed by atoms with Crippen LogP contribution in [0.15, 0.2) is 47.1 Å². The highest BCUT2D eigenvalue weighted by Crippen LogP contribution is 2.14. The van der Waals surface area contributed by atoms with E-state index in [-0.39, 0.29) is 23.3 Å². The summed E-state index contributed by atoms with van der Waals surface area (Å²) in [6.45, 7) is 2.90. The van der Waals surface area contributed by atoms with Gasteiger partial charge in [0, 0.05) is 50.2 Å². The highest BCUT2D eigenvalue weighted by molar-refractivity contribution is 7.90. The zero-order valence-electron chi connectivity index (χ0n) is 15.6. The SMILES string of the molecule is CS(=O)(=O)CCN1CCN(C(=O)c2ccc(NC(=O)c3ccco3)cc2)CC1. The van der Waals surface area contributed by atoms with Crippen LogP contribution in [0.25, 0.3) is 0 Å². The third-order valence-corrected chi connectivity index (χ3v) is 5.50. The number of hydrogen-bond acceptors (Lipinski definition) is 6. The molecule has 0 spiro atoms. The molecule has 1 fully saturated rings. The number of carbonyl (C=O) groups excluding carboxylic acids is 2. The number of nitrogens with zero attached hydrogens (tertiary/aromatic N) is 2. The maximum atomic E-state index is 12.7. The molecule has 28 heavy (non-hydrogen) atoms. The second-order valence-electron chi connectivity index (χ2n) is 6.77. The van der Waals surface area contributed by atoms with Crippen LogP contribution >= 0.6 is 0 Å². The molecule has 150 valence electrons. The zero-order chi connectivity index (χ0) is 20.1. The molecule has 1 aromatic carbocycles. The Morgan fingerprint density at radius 1 is 1.07 bits per heavy atom. The third kappa shape index (κ3) is 5.43. The molecule has 2 amide bonds. The molecule has 1 N–H and O–H groups in total. The number of benzene rings is 1. The van der Waals surface area contributed by atoms with E-state index in [4.69, 9.17) is 4.42 Å². The summed E-state index contributed by atoms with van der Waals surface area (Å²) in [5, 5.41) is 2.71. The van der Waals surface area contributed by atoms with Gasteiger partial charge in [0.25, 0.3) is 11.8 Å². The second-order valence-corrected chi connectivity index (χ2v) is 9.03. The molecule has 1 saturated heterocycles. The average Bonchev–Trinajstić information content (AvgIpc) is 3.21. The summed E-state index contributed by atoms with van der Waals surface area (Å²) < 4.78 is 27.6. The number of furan rings is 1. The van der Waals surface area contributed by atoms with Crippen LogP contribution in [0.5, 0.6) is 0 Å². The van der Waals surface area contributed by atoms with Gasteiger partial charge in [-0.15, -0.1) is 0 Å². The smallest absolute Gasteiger partial charge is 0.291 e. The predicted molar refractivity (Wildman–Crippen MR) is 105 cm³/mol. The fraction of sp³-hybridized carbons (Fsp3) is 0.368. The number of sulfone groups is 1. The van der Waals surface area contributed by atoms with E-state index in [1.807, 2.05) is 0 Å². The van der Waals surface area contributed by atoms with Crippen molar-refractivity contribution in [2.75, 3.05) is 50.0 Å². The highest BCUT2D eigenvalue weighted by Gasteiger charge is 2.22. The van der Waals surface area contributed by atoms with Crippen LogP contribution in [-0.4, -0.2) is 74.8 Å². The van der Waals surface area contributed by atoms with Crippen molar-refractivity contribution in [3.8, 4) is 0 Å². The molecule has 0 atom stereocenters. The maximum absolute atomic E-state index is 12.7. The second kappa shape index (κ2) is 8.57. The molecule has 0 aliphatic carbocycles. The van der Waals surface area contributed by atoms with Crippen molar-refractivity contribution in [1.29, 1.82) is 0 Å². The van der Waals surface area contributed by atoms with Gasteiger partial charge >= 0.3 is 0 Å². The van der Waals surface area contributed by atoms with Gasteiger partial charge in [-0.2, -0.15) is 0 Å². The molecule has 2 heterocycles. The molecule has 1 aromatic heterocycles. The third-order valence-electron chi connectivity index (χ3n) is 4.57. The quantitative estimate of drug-likeness (QED) is 0.778. The first kappa shape index (κ1) is 20.1. The highest BCUT2D eigenvalue weighted by atomic mass is 32.2. The lowest BCUT2D eigenvalue weighted by Crippen LogP contribution is -2.49. The zero-order valence-corrected chi connectivity index (χ0v) is 16.4. The van der Waals surface area contributed by atoms with Gasteiger partial charge in [-0.1, -0.05) is 0 Å². The standard InChI is InChI=1S/C19H23N3O5S/c1-28(25,26)14-12-21-8-10-22(11-9-21)19(24)15-4-6-16(7-5-15)20-18(23)17-3-2-13-27-17/h2-7,13H,8-12,14H2,1H3,(H,20,23). The van der Waals surface area contributed by atoms with Crippen LogP contribution in [0.2, 0.25) is 0 Å². The van der Waals surface area contributed by atoms with Gasteiger partial charge in [0.05, 0.1) is 12.0 Å². The molecular formula is C19H23N3O5S. The van der Waals surface area contributed by atoms with Gasteiger partial charge < -0.3 is 14.6 Å². The first-order valence-corrected chi connectivity index (χ1v) is 11.0. The van der Waals surface area contributed by atoms with E-state index in [0.717, 1.165) is 0 Å². The number of nitrogens with one attached hydrogen (secondary N) is 1. The van der Waals surface area contributed by atoms with Crippen molar-refractivity contribution < 1.29 is 22.4 Å². The minimum atomic E-state index is -2.98. The van der Waals surface area contributed by atoms with Crippen LogP contribution in [0.3, 0.4) is 0 Å². The number of anilines is 1. The van der Waals surface area contributed by atoms with Gasteiger partial charge in [0.15, 0.2) is 5.76 Å². The molecular weight excluding hydrogens is 382 g/mol. The first-order chi connectivity index (χ1) is 13.3. The Bertz CT molecular complexity index is 915. The Hall–Kier alpha value is -2.65. The largest absolute Gasteiger partial charge is 0.459 e. The summed E-state index contributed by atoms with van der Waals surface area (Å²) in [4.78, 5) is 28.4. The van der Waals surface area contributed by atoms with Gasteiger partial charge in [-0.25, -0.2) is 8.42 Å². The van der Waals surface area contributed by atoms with Crippen LogP contribution in [0, 0.1) is 0 Å². The van der Waals surface area contributed by atoms with Crippen LogP contribution in [0.1, 0.15) is 20.9 Å². The average molecular weight is 405 g/mol. The molecule has 8 nitrogen and oxygen atoms in total. The van der Waals surface area contributed by atoms with Crippen molar-refractivity contribution in [3.05, 3.63) is 54.0 Å². The van der Waals surface area contributed by atoms with Crippen molar-refractivity contribution in [3.63, 3.8) is 0 Å². The van der Waals surface area contributed by atoms with E-state index in [1.54, 1.807) is 41.3 Å². The number of carbonyl (C=O) groups is 2. The molecule has 0 bridgehead atoms. The molecule has 2 aromatic rings. The van der Waals surface area contributed by atoms with Crippen molar-refractivity contribution >= 4 is 27.3 Å². The molecule has 9 heteroatoms. The number of rotatable bonds is 6. The Balaban J connectivity index is 1.52. The number of piperazine rings is 1. The van der Waals surface area contributed by atoms with E-state index in [9.17, 15) is 18.0 Å². The minimum absolute atomic E-state index is 0.0772. The van der Waals surface area contributed by atoms with E-state index in [0.29, 0.717) is 44.0 Å². The van der Waals surface area contributed by atoms with Gasteiger partial charge in [0.1, 0.15) is 9.84 Å². The fourth-order valence-corrected chi connectivity index (χ4v) is 3.54. The summed E-state index contributed by atoms with van der Waals surface area (Å²) in [5.74, 6) is -0.0820. The number of hydrogen-bond donors (Lipinski definition) is 1. The van der Waals surface area contributed by atoms with E-state index in [2.05, 4.69) is 10.2 Å². The summed E-state index contributed by atoms with van der Waals surface area (Å²) in [7, 11) is -2.98. The molecule has 1 aliphatic rings. The molecule has 0 unspecified atom stereocenters. The normalized spacial score (nSPS) is 15.4. The van der Waals surface area contributed by atoms with Crippen LogP contribution in [0.4, 0.5) is 5.69 Å². The summed E-state index contributed by atoms with van der Waals surface area (Å²) in [6, 6.07) is 9.92. The summed E-state index contributed by atoms with van der Waals surface area (Å²) in [5.41, 5.74) is 1.11. The Morgan fingerprint density at radius 3 is 2.32 bits per heavy atom. The molecule has 3 rings (SSSR count). The Kier molecular flexibility index (Phi) is 6.15. The van der Waals surface area contributed by atoms with Crippen molar-refractivity contribution in [2.45, 2.75) is 0 Å². The summed E-state index contributed by atoms with van der Waals surface area (Å²) >= 11 is 0. The molecule has 1 aliphatic heterocycles. The van der Waals surface area contributed by atoms with Crippen molar-refractivity contribution in [2.24, 2.45) is 0 Å². The molecule has 0 saturated carbocycles. The molecule has 0 radical (unpaired) electrons. The van der Waals surface area contributed by atoms with Crippen LogP contribution < -0.4 is 5.32 Å². The predicted octanol–water partition coefficient (Wildman–Crippen LogP) is 1.33. The van der Waals surface area contributed by atoms with Gasteiger partial charge in [-0.3, -0.25) is 14.5 Å². The van der Waals surface area contributed by atoms with Crippen molar-refractivity contribution in [1.82, 2.24) is 9.80 Å². The Labute approximate surface area is 164 Å². The van der Waals surface area contributed by atoms with Gasteiger partial charge in [0.2, 0.25) is 0 Å². The number of amides is 2. The van der Waals surface area contributed by atoms with E-state index < -0.39 is 9.84 Å². The van der Waals surface area contributed by atoms with E-state index >= 15 is 0 Å². The lowest BCUT2D eigenvalue weighted by molar-refractivity contribution is 0.0644. The lowest BCUT2D eigenvalue weighted by atomic mass is 10.1. The Morgan fingerprint density at radius 2 is 1.75 bits per heavy atom. The summed E-state index contributed by atoms with van der Waals surface area (Å²) in [6.07, 6.45) is 2.66. The van der Waals surface area contributed by atoms with Crippen LogP contribution in [-0.2, 0) is 9.84 Å². The first-order valence-electron chi connectivity index (χ1n) is 8.96. The van der Waals surface area contributed by atoms with E-state index in [1.165, 1.54) is 12.5 Å². The topological polar surface area (TPSA) is 99.9 Å². The fourth-order valence-electron chi connectivity index (χ4n) is 2.95. The van der Waals surface area contributed by atoms with Gasteiger partial charge in [-0.05, 0) is 36.4 Å². The maximum Gasteiger partial charge on any atom is 0.291 e. The minimum Gasteiger partial charge on any atom is -0.459 e. The lowest BCUT2D eigenvalue weighted by Gasteiger charge is -2.34.